The number of aromatic nitrogens is 2. The third-order valence-electron chi connectivity index (χ3n) is 7.12. The van der Waals surface area contributed by atoms with E-state index in [1.807, 2.05) is 17.0 Å². The van der Waals surface area contributed by atoms with Gasteiger partial charge in [0.1, 0.15) is 17.5 Å². The lowest BCUT2D eigenvalue weighted by Gasteiger charge is -2.39. The molecule has 0 spiro atoms. The van der Waals surface area contributed by atoms with Crippen LogP contribution in [0.3, 0.4) is 0 Å². The average Bonchev–Trinajstić information content (AvgIpc) is 2.79. The van der Waals surface area contributed by atoms with Crippen LogP contribution in [0.25, 0.3) is 0 Å². The molecule has 32 heavy (non-hydrogen) atoms. The number of nitrogens with zero attached hydrogens (tertiary/aromatic N) is 4. The maximum Gasteiger partial charge on any atom is 0.225 e. The van der Waals surface area contributed by atoms with Crippen LogP contribution in [0.5, 0.6) is 0 Å². The highest BCUT2D eigenvalue weighted by atomic mass is 19.1. The summed E-state index contributed by atoms with van der Waals surface area (Å²) in [6.07, 6.45) is 5.78. The Morgan fingerprint density at radius 3 is 2.34 bits per heavy atom. The molecule has 1 aliphatic carbocycles. The van der Waals surface area contributed by atoms with Crippen LogP contribution in [0.15, 0.2) is 24.3 Å². The van der Waals surface area contributed by atoms with Crippen molar-refractivity contribution in [3.8, 4) is 0 Å². The molecule has 0 N–H and O–H groups in total. The lowest BCUT2D eigenvalue weighted by molar-refractivity contribution is -0.138. The number of aryl methyl sites for hydroxylation is 1. The lowest BCUT2D eigenvalue weighted by atomic mass is 9.84. The van der Waals surface area contributed by atoms with Crippen molar-refractivity contribution in [1.29, 1.82) is 0 Å². The van der Waals surface area contributed by atoms with Crippen LogP contribution in [0.1, 0.15) is 75.0 Å². The van der Waals surface area contributed by atoms with E-state index in [-0.39, 0.29) is 11.7 Å². The van der Waals surface area contributed by atoms with Crippen molar-refractivity contribution >= 4 is 11.7 Å². The van der Waals surface area contributed by atoms with Crippen molar-refractivity contribution in [3.63, 3.8) is 0 Å². The summed E-state index contributed by atoms with van der Waals surface area (Å²) in [5, 5.41) is 0. The fourth-order valence-corrected chi connectivity index (χ4v) is 4.53. The maximum absolute atomic E-state index is 13.4. The molecule has 2 heterocycles. The number of anilines is 1. The quantitative estimate of drug-likeness (QED) is 0.627. The maximum atomic E-state index is 13.4. The van der Waals surface area contributed by atoms with Crippen LogP contribution in [-0.4, -0.2) is 47.0 Å². The van der Waals surface area contributed by atoms with E-state index in [1.54, 1.807) is 0 Å². The van der Waals surface area contributed by atoms with E-state index >= 15 is 0 Å². The number of hydrogen-bond donors (Lipinski definition) is 0. The second-order valence-corrected chi connectivity index (χ2v) is 9.24. The van der Waals surface area contributed by atoms with Gasteiger partial charge in [0, 0.05) is 55.7 Å². The summed E-state index contributed by atoms with van der Waals surface area (Å²) in [6.45, 7) is 9.54. The summed E-state index contributed by atoms with van der Waals surface area (Å²) in [4.78, 5) is 27.1. The average molecular weight is 439 g/mol. The minimum Gasteiger partial charge on any atom is -0.353 e. The highest BCUT2D eigenvalue weighted by Crippen LogP contribution is 2.31. The number of hydrogen-bond acceptors (Lipinski definition) is 4. The van der Waals surface area contributed by atoms with Crippen molar-refractivity contribution in [3.05, 3.63) is 52.7 Å². The molecule has 4 rings (SSSR count). The van der Waals surface area contributed by atoms with Gasteiger partial charge in [-0.2, -0.15) is 0 Å². The van der Waals surface area contributed by atoms with E-state index in [1.165, 1.54) is 18.6 Å². The topological polar surface area (TPSA) is 49.3 Å². The number of halogens is 1. The Hall–Kier alpha value is -2.50. The standard InChI is InChI=1S/C26H35FN4O/c1-4-18(3)24-28-23(5-2)22(17-19-9-11-21(27)12-10-19)25(29-24)30-13-15-31(16-14-30)26(32)20-7-6-8-20/h9-12,18,20H,4-8,13-17H2,1-3H3/t18-/m1/s1. The van der Waals surface area contributed by atoms with Gasteiger partial charge in [0.2, 0.25) is 5.91 Å². The van der Waals surface area contributed by atoms with E-state index in [0.29, 0.717) is 18.2 Å². The summed E-state index contributed by atoms with van der Waals surface area (Å²) in [5.41, 5.74) is 3.26. The zero-order valence-corrected chi connectivity index (χ0v) is 19.6. The summed E-state index contributed by atoms with van der Waals surface area (Å²) < 4.78 is 13.4. The minimum absolute atomic E-state index is 0.222. The highest BCUT2D eigenvalue weighted by molar-refractivity contribution is 5.80. The molecule has 1 aromatic carbocycles. The molecule has 1 amide bonds. The van der Waals surface area contributed by atoms with Crippen LogP contribution in [-0.2, 0) is 17.6 Å². The Kier molecular flexibility index (Phi) is 7.07. The molecule has 172 valence electrons. The first-order chi connectivity index (χ1) is 15.5. The normalized spacial score (nSPS) is 17.9. The fourth-order valence-electron chi connectivity index (χ4n) is 4.53. The molecule has 5 nitrogen and oxygen atoms in total. The van der Waals surface area contributed by atoms with Crippen LogP contribution >= 0.6 is 0 Å². The third kappa shape index (κ3) is 4.79. The first kappa shape index (κ1) is 22.7. The Bertz CT molecular complexity index is 934. The van der Waals surface area contributed by atoms with E-state index in [4.69, 9.17) is 9.97 Å². The monoisotopic (exact) mass is 438 g/mol. The Morgan fingerprint density at radius 2 is 1.78 bits per heavy atom. The van der Waals surface area contributed by atoms with E-state index in [9.17, 15) is 9.18 Å². The number of carbonyl (C=O) groups is 1. The Morgan fingerprint density at radius 1 is 1.09 bits per heavy atom. The van der Waals surface area contributed by atoms with Crippen molar-refractivity contribution in [2.75, 3.05) is 31.1 Å². The largest absolute Gasteiger partial charge is 0.353 e. The molecule has 1 atom stereocenters. The van der Waals surface area contributed by atoms with Crippen molar-refractivity contribution in [2.24, 2.45) is 5.92 Å². The highest BCUT2D eigenvalue weighted by Gasteiger charge is 2.32. The second kappa shape index (κ2) is 9.97. The predicted molar refractivity (Wildman–Crippen MR) is 125 cm³/mol. The van der Waals surface area contributed by atoms with Crippen molar-refractivity contribution in [2.45, 2.75) is 65.2 Å². The molecule has 2 aromatic rings. The number of amides is 1. The van der Waals surface area contributed by atoms with Gasteiger partial charge in [0.25, 0.3) is 0 Å². The van der Waals surface area contributed by atoms with Gasteiger partial charge in [-0.1, -0.05) is 39.3 Å². The molecule has 1 saturated heterocycles. The third-order valence-corrected chi connectivity index (χ3v) is 7.12. The van der Waals surface area contributed by atoms with Crippen LogP contribution in [0.4, 0.5) is 10.2 Å². The van der Waals surface area contributed by atoms with Gasteiger partial charge in [-0.05, 0) is 43.4 Å². The molecule has 0 unspecified atom stereocenters. The second-order valence-electron chi connectivity index (χ2n) is 9.24. The summed E-state index contributed by atoms with van der Waals surface area (Å²) in [7, 11) is 0. The van der Waals surface area contributed by atoms with Gasteiger partial charge >= 0.3 is 0 Å². The Balaban J connectivity index is 1.62. The number of carbonyl (C=O) groups excluding carboxylic acids is 1. The van der Waals surface area contributed by atoms with E-state index < -0.39 is 0 Å². The van der Waals surface area contributed by atoms with Gasteiger partial charge in [-0.15, -0.1) is 0 Å². The minimum atomic E-state index is -0.222. The summed E-state index contributed by atoms with van der Waals surface area (Å²) in [5.74, 6) is 2.54. The number of rotatable bonds is 7. The number of benzene rings is 1. The molecule has 2 fully saturated rings. The molecule has 6 heteroatoms. The van der Waals surface area contributed by atoms with Crippen molar-refractivity contribution < 1.29 is 9.18 Å². The zero-order chi connectivity index (χ0) is 22.7. The SMILES string of the molecule is CCc1nc([C@H](C)CC)nc(N2CCN(C(=O)C3CCC3)CC2)c1Cc1ccc(F)cc1. The molecule has 1 saturated carbocycles. The zero-order valence-electron chi connectivity index (χ0n) is 19.6. The molecule has 1 aromatic heterocycles. The van der Waals surface area contributed by atoms with Crippen LogP contribution in [0, 0.1) is 11.7 Å². The van der Waals surface area contributed by atoms with Gasteiger partial charge in [-0.3, -0.25) is 4.79 Å². The molecule has 0 radical (unpaired) electrons. The van der Waals surface area contributed by atoms with Gasteiger partial charge in [0.15, 0.2) is 0 Å². The summed E-state index contributed by atoms with van der Waals surface area (Å²) in [6, 6.07) is 6.71. The van der Waals surface area contributed by atoms with Gasteiger partial charge in [0.05, 0.1) is 0 Å². The predicted octanol–water partition coefficient (Wildman–Crippen LogP) is 4.73. The van der Waals surface area contributed by atoms with Gasteiger partial charge in [-0.25, -0.2) is 14.4 Å². The molecule has 0 bridgehead atoms. The van der Waals surface area contributed by atoms with Gasteiger partial charge < -0.3 is 9.80 Å². The van der Waals surface area contributed by atoms with E-state index in [0.717, 1.165) is 80.3 Å². The first-order valence-corrected chi connectivity index (χ1v) is 12.2. The summed E-state index contributed by atoms with van der Waals surface area (Å²) >= 11 is 0. The fraction of sp³-hybridized carbons (Fsp3) is 0.577. The molecule has 1 aliphatic heterocycles. The van der Waals surface area contributed by atoms with Crippen LogP contribution < -0.4 is 4.90 Å². The number of piperazine rings is 1. The lowest BCUT2D eigenvalue weighted by Crippen LogP contribution is -2.51. The van der Waals surface area contributed by atoms with Crippen LogP contribution in [0.2, 0.25) is 0 Å². The molecular formula is C26H35FN4O. The Labute approximate surface area is 191 Å². The smallest absolute Gasteiger partial charge is 0.225 e. The molecule has 2 aliphatic rings. The van der Waals surface area contributed by atoms with E-state index in [2.05, 4.69) is 25.7 Å². The molecular weight excluding hydrogens is 403 g/mol. The van der Waals surface area contributed by atoms with Crippen molar-refractivity contribution in [1.82, 2.24) is 14.9 Å². The first-order valence-electron chi connectivity index (χ1n) is 12.2.